The first-order valence-electron chi connectivity index (χ1n) is 6.72. The molecular formula is C15H20ClNS2. The summed E-state index contributed by atoms with van der Waals surface area (Å²) in [6.45, 7) is 7.52. The van der Waals surface area contributed by atoms with Gasteiger partial charge in [-0.05, 0) is 54.9 Å². The summed E-state index contributed by atoms with van der Waals surface area (Å²) in [5.74, 6) is 0. The molecule has 0 fully saturated rings. The van der Waals surface area contributed by atoms with Gasteiger partial charge < -0.3 is 5.32 Å². The number of hydrogen-bond acceptors (Lipinski definition) is 3. The fourth-order valence-electron chi connectivity index (χ4n) is 2.13. The van der Waals surface area contributed by atoms with Gasteiger partial charge in [-0.3, -0.25) is 0 Å². The Hall–Kier alpha value is -0.350. The van der Waals surface area contributed by atoms with Crippen molar-refractivity contribution in [1.82, 2.24) is 5.32 Å². The molecule has 0 spiro atoms. The van der Waals surface area contributed by atoms with Crippen molar-refractivity contribution in [2.45, 2.75) is 39.7 Å². The molecule has 0 aliphatic heterocycles. The lowest BCUT2D eigenvalue weighted by atomic mass is 10.1. The molecule has 2 heterocycles. The third-order valence-electron chi connectivity index (χ3n) is 3.18. The fourth-order valence-corrected chi connectivity index (χ4v) is 4.60. The molecule has 1 nitrogen and oxygen atoms in total. The second-order valence-corrected chi connectivity index (χ2v) is 7.29. The van der Waals surface area contributed by atoms with E-state index >= 15 is 0 Å². The van der Waals surface area contributed by atoms with Crippen LogP contribution in [0.2, 0.25) is 4.34 Å². The van der Waals surface area contributed by atoms with Gasteiger partial charge >= 0.3 is 0 Å². The van der Waals surface area contributed by atoms with Gasteiger partial charge in [0.25, 0.3) is 0 Å². The quantitative estimate of drug-likeness (QED) is 0.750. The van der Waals surface area contributed by atoms with Gasteiger partial charge in [0.1, 0.15) is 0 Å². The second-order valence-electron chi connectivity index (χ2n) is 4.66. The van der Waals surface area contributed by atoms with Gasteiger partial charge in [0.15, 0.2) is 0 Å². The summed E-state index contributed by atoms with van der Waals surface area (Å²) in [6.07, 6.45) is 2.22. The Labute approximate surface area is 128 Å². The van der Waals surface area contributed by atoms with E-state index in [1.54, 1.807) is 11.3 Å². The van der Waals surface area contributed by atoms with Crippen LogP contribution in [0, 0.1) is 6.92 Å². The fraction of sp³-hybridized carbons (Fsp3) is 0.467. The van der Waals surface area contributed by atoms with Crippen LogP contribution in [-0.4, -0.2) is 6.54 Å². The molecule has 4 heteroatoms. The van der Waals surface area contributed by atoms with Crippen molar-refractivity contribution in [3.8, 4) is 0 Å². The summed E-state index contributed by atoms with van der Waals surface area (Å²) in [4.78, 5) is 2.77. The standard InChI is InChI=1S/C15H20ClNS2/c1-4-7-17-13(12-9-10(3)15(16)19-12)14-11(5-2)6-8-18-14/h6,8-9,13,17H,4-5,7H2,1-3H3. The third kappa shape index (κ3) is 3.40. The van der Waals surface area contributed by atoms with Crippen LogP contribution in [0.15, 0.2) is 17.5 Å². The molecule has 2 aromatic heterocycles. The van der Waals surface area contributed by atoms with Crippen molar-refractivity contribution in [3.63, 3.8) is 0 Å². The van der Waals surface area contributed by atoms with Gasteiger partial charge in [-0.2, -0.15) is 0 Å². The van der Waals surface area contributed by atoms with E-state index in [1.807, 2.05) is 11.3 Å². The highest BCUT2D eigenvalue weighted by atomic mass is 35.5. The van der Waals surface area contributed by atoms with Gasteiger partial charge in [-0.15, -0.1) is 22.7 Å². The molecular weight excluding hydrogens is 294 g/mol. The summed E-state index contributed by atoms with van der Waals surface area (Å²) in [5, 5.41) is 5.86. The van der Waals surface area contributed by atoms with Crippen molar-refractivity contribution >= 4 is 34.3 Å². The van der Waals surface area contributed by atoms with Crippen molar-refractivity contribution in [3.05, 3.63) is 42.7 Å². The first-order valence-corrected chi connectivity index (χ1v) is 8.80. The minimum Gasteiger partial charge on any atom is -0.305 e. The first-order chi connectivity index (χ1) is 9.17. The number of thiophene rings is 2. The van der Waals surface area contributed by atoms with Gasteiger partial charge in [0.2, 0.25) is 0 Å². The zero-order valence-electron chi connectivity index (χ0n) is 11.6. The van der Waals surface area contributed by atoms with Crippen LogP contribution in [0.5, 0.6) is 0 Å². The van der Waals surface area contributed by atoms with Gasteiger partial charge in [-0.25, -0.2) is 0 Å². The summed E-state index contributed by atoms with van der Waals surface area (Å²) >= 11 is 9.78. The average Bonchev–Trinajstić information content (AvgIpc) is 2.98. The van der Waals surface area contributed by atoms with Crippen molar-refractivity contribution in [2.24, 2.45) is 0 Å². The molecule has 0 bridgehead atoms. The SMILES string of the molecule is CCCNC(c1cc(C)c(Cl)s1)c1sccc1CC. The van der Waals surface area contributed by atoms with Crippen LogP contribution in [0.4, 0.5) is 0 Å². The molecule has 1 atom stereocenters. The van der Waals surface area contributed by atoms with E-state index in [2.05, 4.69) is 43.6 Å². The Morgan fingerprint density at radius 2 is 2.16 bits per heavy atom. The molecule has 1 unspecified atom stereocenters. The molecule has 19 heavy (non-hydrogen) atoms. The highest BCUT2D eigenvalue weighted by Gasteiger charge is 2.20. The predicted octanol–water partition coefficient (Wildman–Crippen LogP) is 5.42. The summed E-state index contributed by atoms with van der Waals surface area (Å²) in [7, 11) is 0. The van der Waals surface area contributed by atoms with Crippen molar-refractivity contribution < 1.29 is 0 Å². The third-order valence-corrected chi connectivity index (χ3v) is 5.83. The first kappa shape index (κ1) is 15.0. The van der Waals surface area contributed by atoms with Crippen LogP contribution >= 0.6 is 34.3 Å². The van der Waals surface area contributed by atoms with Crippen LogP contribution in [0.25, 0.3) is 0 Å². The molecule has 0 radical (unpaired) electrons. The molecule has 2 rings (SSSR count). The Morgan fingerprint density at radius 3 is 2.74 bits per heavy atom. The van der Waals surface area contributed by atoms with E-state index in [1.165, 1.54) is 20.9 Å². The zero-order valence-corrected chi connectivity index (χ0v) is 14.0. The molecule has 0 saturated carbocycles. The lowest BCUT2D eigenvalue weighted by molar-refractivity contribution is 0.609. The van der Waals surface area contributed by atoms with E-state index in [-0.39, 0.29) is 0 Å². The Morgan fingerprint density at radius 1 is 1.37 bits per heavy atom. The number of hydrogen-bond donors (Lipinski definition) is 1. The highest BCUT2D eigenvalue weighted by molar-refractivity contribution is 7.16. The van der Waals surface area contributed by atoms with E-state index < -0.39 is 0 Å². The number of aryl methyl sites for hydroxylation is 2. The summed E-state index contributed by atoms with van der Waals surface area (Å²) < 4.78 is 0.910. The molecule has 1 N–H and O–H groups in total. The van der Waals surface area contributed by atoms with Crippen molar-refractivity contribution in [1.29, 1.82) is 0 Å². The molecule has 0 aliphatic carbocycles. The Balaban J connectivity index is 2.35. The molecule has 0 aliphatic rings. The zero-order chi connectivity index (χ0) is 13.8. The normalized spacial score (nSPS) is 12.8. The molecule has 0 saturated heterocycles. The van der Waals surface area contributed by atoms with Crippen LogP contribution < -0.4 is 5.32 Å². The smallest absolute Gasteiger partial charge is 0.0961 e. The number of nitrogens with one attached hydrogen (secondary N) is 1. The molecule has 104 valence electrons. The minimum absolute atomic E-state index is 0.297. The predicted molar refractivity (Wildman–Crippen MR) is 87.9 cm³/mol. The molecule has 0 aromatic carbocycles. The lowest BCUT2D eigenvalue weighted by Crippen LogP contribution is -2.22. The lowest BCUT2D eigenvalue weighted by Gasteiger charge is -2.17. The monoisotopic (exact) mass is 313 g/mol. The van der Waals surface area contributed by atoms with E-state index in [9.17, 15) is 0 Å². The molecule has 2 aromatic rings. The maximum Gasteiger partial charge on any atom is 0.0961 e. The maximum atomic E-state index is 6.24. The summed E-state index contributed by atoms with van der Waals surface area (Å²) in [5.41, 5.74) is 2.63. The average molecular weight is 314 g/mol. The van der Waals surface area contributed by atoms with Crippen LogP contribution in [-0.2, 0) is 6.42 Å². The minimum atomic E-state index is 0.297. The number of rotatable bonds is 6. The van der Waals surface area contributed by atoms with Crippen LogP contribution in [0.1, 0.15) is 47.2 Å². The van der Waals surface area contributed by atoms with E-state index in [4.69, 9.17) is 11.6 Å². The van der Waals surface area contributed by atoms with Gasteiger partial charge in [0, 0.05) is 9.75 Å². The largest absolute Gasteiger partial charge is 0.305 e. The Kier molecular flexibility index (Phi) is 5.46. The van der Waals surface area contributed by atoms with Gasteiger partial charge in [-0.1, -0.05) is 25.4 Å². The van der Waals surface area contributed by atoms with Gasteiger partial charge in [0.05, 0.1) is 10.4 Å². The van der Waals surface area contributed by atoms with Crippen molar-refractivity contribution in [2.75, 3.05) is 6.54 Å². The summed E-state index contributed by atoms with van der Waals surface area (Å²) in [6, 6.07) is 4.76. The molecule has 0 amide bonds. The number of halogens is 1. The topological polar surface area (TPSA) is 12.0 Å². The van der Waals surface area contributed by atoms with E-state index in [0.717, 1.165) is 23.7 Å². The van der Waals surface area contributed by atoms with Crippen LogP contribution in [0.3, 0.4) is 0 Å². The van der Waals surface area contributed by atoms with E-state index in [0.29, 0.717) is 6.04 Å². The second kappa shape index (κ2) is 6.89. The Bertz CT molecular complexity index is 510. The maximum absolute atomic E-state index is 6.24. The highest BCUT2D eigenvalue weighted by Crippen LogP contribution is 2.37.